The molecule has 12 heteroatoms. The van der Waals surface area contributed by atoms with Gasteiger partial charge in [-0.3, -0.25) is 24.0 Å². The van der Waals surface area contributed by atoms with E-state index in [0.29, 0.717) is 0 Å². The molecule has 0 saturated carbocycles. The summed E-state index contributed by atoms with van der Waals surface area (Å²) in [7, 11) is 0. The second-order valence-electron chi connectivity index (χ2n) is 8.04. The zero-order valence-electron chi connectivity index (χ0n) is 19.0. The first-order chi connectivity index (χ1) is 16.0. The molecule has 0 spiro atoms. The number of rotatable bonds is 12. The lowest BCUT2D eigenvalue weighted by molar-refractivity contribution is -0.141. The first-order valence-corrected chi connectivity index (χ1v) is 10.7. The summed E-state index contributed by atoms with van der Waals surface area (Å²) in [5.74, 6) is -3.84. The molecule has 1 aromatic carbocycles. The molecule has 4 unspecified atom stereocenters. The number of nitrogens with one attached hydrogen (secondary N) is 4. The molecular formula is C22H30N6O6. The number of hydrogen-bond donors (Lipinski definition) is 7. The maximum atomic E-state index is 13.0. The van der Waals surface area contributed by atoms with Gasteiger partial charge in [0.25, 0.3) is 0 Å². The molecular weight excluding hydrogens is 444 g/mol. The molecule has 2 aromatic rings. The lowest BCUT2D eigenvalue weighted by atomic mass is 10.0. The van der Waals surface area contributed by atoms with E-state index in [1.54, 1.807) is 6.20 Å². The Hall–Kier alpha value is -3.93. The summed E-state index contributed by atoms with van der Waals surface area (Å²) in [6, 6.07) is 3.04. The Kier molecular flexibility index (Phi) is 9.13. The van der Waals surface area contributed by atoms with Gasteiger partial charge >= 0.3 is 5.97 Å². The Bertz CT molecular complexity index is 1070. The summed E-state index contributed by atoms with van der Waals surface area (Å²) >= 11 is 0. The standard InChI is InChI=1S/C22H30N6O6/c1-11(19(30)27-12(2)22(33)34)26-21(32)17(28-20(31)15(23)7-8-18(24)29)9-13-10-25-16-6-4-3-5-14(13)16/h3-6,10-12,15,17,25H,7-9,23H2,1-2H3,(H2,24,29)(H,26,32)(H,27,30)(H,28,31)(H,33,34). The van der Waals surface area contributed by atoms with Crippen LogP contribution < -0.4 is 27.4 Å². The SMILES string of the molecule is CC(NC(=O)C(C)NC(=O)C(Cc1c[nH]c2ccccc12)NC(=O)C(N)CCC(N)=O)C(=O)O. The van der Waals surface area contributed by atoms with Crippen LogP contribution in [-0.4, -0.2) is 63.9 Å². The van der Waals surface area contributed by atoms with Crippen molar-refractivity contribution in [3.05, 3.63) is 36.0 Å². The van der Waals surface area contributed by atoms with E-state index in [4.69, 9.17) is 16.6 Å². The number of para-hydroxylation sites is 1. The highest BCUT2D eigenvalue weighted by Crippen LogP contribution is 2.19. The molecule has 1 aromatic heterocycles. The van der Waals surface area contributed by atoms with Crippen molar-refractivity contribution in [2.24, 2.45) is 11.5 Å². The van der Waals surface area contributed by atoms with E-state index in [0.717, 1.165) is 16.5 Å². The summed E-state index contributed by atoms with van der Waals surface area (Å²) in [6.07, 6.45) is 1.72. The van der Waals surface area contributed by atoms with Crippen molar-refractivity contribution in [2.45, 2.75) is 57.3 Å². The van der Waals surface area contributed by atoms with Crippen LogP contribution in [0.1, 0.15) is 32.3 Å². The molecule has 0 radical (unpaired) electrons. The number of H-pyrrole nitrogens is 1. The molecule has 12 nitrogen and oxygen atoms in total. The van der Waals surface area contributed by atoms with Crippen LogP contribution in [0.3, 0.4) is 0 Å². The maximum absolute atomic E-state index is 13.0. The summed E-state index contributed by atoms with van der Waals surface area (Å²) in [6.45, 7) is 2.69. The summed E-state index contributed by atoms with van der Waals surface area (Å²) in [5, 5.41) is 17.1. The molecule has 0 bridgehead atoms. The Balaban J connectivity index is 2.17. The summed E-state index contributed by atoms with van der Waals surface area (Å²) in [5.41, 5.74) is 12.5. The highest BCUT2D eigenvalue weighted by atomic mass is 16.4. The van der Waals surface area contributed by atoms with Gasteiger partial charge in [0.1, 0.15) is 18.1 Å². The fourth-order valence-electron chi connectivity index (χ4n) is 3.22. The smallest absolute Gasteiger partial charge is 0.325 e. The third-order valence-corrected chi connectivity index (χ3v) is 5.25. The van der Waals surface area contributed by atoms with Gasteiger partial charge in [-0.2, -0.15) is 0 Å². The van der Waals surface area contributed by atoms with Gasteiger partial charge in [-0.1, -0.05) is 18.2 Å². The second-order valence-corrected chi connectivity index (χ2v) is 8.04. The van der Waals surface area contributed by atoms with Crippen molar-refractivity contribution in [2.75, 3.05) is 0 Å². The lowest BCUT2D eigenvalue weighted by Crippen LogP contribution is -2.56. The summed E-state index contributed by atoms with van der Waals surface area (Å²) < 4.78 is 0. The van der Waals surface area contributed by atoms with E-state index in [1.165, 1.54) is 13.8 Å². The number of carbonyl (C=O) groups is 5. The zero-order chi connectivity index (χ0) is 25.4. The normalized spacial score (nSPS) is 14.4. The van der Waals surface area contributed by atoms with E-state index < -0.39 is 53.8 Å². The second kappa shape index (κ2) is 11.8. The van der Waals surface area contributed by atoms with Crippen LogP contribution in [0, 0.1) is 0 Å². The minimum absolute atomic E-state index is 0.00841. The van der Waals surface area contributed by atoms with E-state index >= 15 is 0 Å². The van der Waals surface area contributed by atoms with Crippen molar-refractivity contribution in [1.29, 1.82) is 0 Å². The number of primary amides is 1. The van der Waals surface area contributed by atoms with Crippen LogP contribution in [0.15, 0.2) is 30.5 Å². The topological polar surface area (TPSA) is 210 Å². The predicted octanol–water partition coefficient (Wildman–Crippen LogP) is -1.12. The van der Waals surface area contributed by atoms with Gasteiger partial charge in [-0.05, 0) is 31.9 Å². The van der Waals surface area contributed by atoms with Crippen LogP contribution in [0.2, 0.25) is 0 Å². The highest BCUT2D eigenvalue weighted by molar-refractivity contribution is 5.94. The molecule has 34 heavy (non-hydrogen) atoms. The molecule has 0 aliphatic rings. The van der Waals surface area contributed by atoms with Crippen molar-refractivity contribution < 1.29 is 29.1 Å². The molecule has 0 saturated heterocycles. The third kappa shape index (κ3) is 7.30. The predicted molar refractivity (Wildman–Crippen MR) is 123 cm³/mol. The number of carboxylic acids is 1. The van der Waals surface area contributed by atoms with E-state index in [2.05, 4.69) is 20.9 Å². The monoisotopic (exact) mass is 474 g/mol. The van der Waals surface area contributed by atoms with Crippen LogP contribution in [-0.2, 0) is 30.4 Å². The number of hydrogen-bond acceptors (Lipinski definition) is 6. The van der Waals surface area contributed by atoms with Crippen molar-refractivity contribution >= 4 is 40.5 Å². The molecule has 184 valence electrons. The van der Waals surface area contributed by atoms with Gasteiger partial charge in [0.05, 0.1) is 6.04 Å². The number of amides is 4. The number of aromatic amines is 1. The van der Waals surface area contributed by atoms with Gasteiger partial charge in [-0.15, -0.1) is 0 Å². The van der Waals surface area contributed by atoms with Gasteiger partial charge in [0.2, 0.25) is 23.6 Å². The average Bonchev–Trinajstić information content (AvgIpc) is 3.19. The zero-order valence-corrected chi connectivity index (χ0v) is 19.0. The van der Waals surface area contributed by atoms with Gasteiger partial charge in [-0.25, -0.2) is 0 Å². The number of nitrogens with two attached hydrogens (primary N) is 2. The van der Waals surface area contributed by atoms with Crippen LogP contribution in [0.5, 0.6) is 0 Å². The number of aromatic nitrogens is 1. The van der Waals surface area contributed by atoms with Crippen LogP contribution in [0.25, 0.3) is 10.9 Å². The van der Waals surface area contributed by atoms with E-state index in [-0.39, 0.29) is 19.3 Å². The van der Waals surface area contributed by atoms with Crippen LogP contribution >= 0.6 is 0 Å². The van der Waals surface area contributed by atoms with Crippen LogP contribution in [0.4, 0.5) is 0 Å². The first-order valence-electron chi connectivity index (χ1n) is 10.7. The molecule has 0 fully saturated rings. The Morgan fingerprint density at radius 1 is 0.971 bits per heavy atom. The Morgan fingerprint density at radius 2 is 1.62 bits per heavy atom. The number of carbonyl (C=O) groups excluding carboxylic acids is 4. The molecule has 0 aliphatic heterocycles. The molecule has 0 aliphatic carbocycles. The third-order valence-electron chi connectivity index (χ3n) is 5.25. The highest BCUT2D eigenvalue weighted by Gasteiger charge is 2.28. The maximum Gasteiger partial charge on any atom is 0.325 e. The fourth-order valence-corrected chi connectivity index (χ4v) is 3.22. The number of aliphatic carboxylic acids is 1. The number of fused-ring (bicyclic) bond motifs is 1. The molecule has 4 amide bonds. The van der Waals surface area contributed by atoms with Crippen molar-refractivity contribution in [1.82, 2.24) is 20.9 Å². The molecule has 2 rings (SSSR count). The van der Waals surface area contributed by atoms with Gasteiger partial charge in [0, 0.05) is 29.9 Å². The lowest BCUT2D eigenvalue weighted by Gasteiger charge is -2.23. The Morgan fingerprint density at radius 3 is 2.26 bits per heavy atom. The van der Waals surface area contributed by atoms with E-state index in [9.17, 15) is 24.0 Å². The first kappa shape index (κ1) is 26.3. The van der Waals surface area contributed by atoms with Gasteiger partial charge in [0.15, 0.2) is 0 Å². The fraction of sp³-hybridized carbons (Fsp3) is 0.409. The minimum atomic E-state index is -1.22. The number of carboxylic acid groups (broad SMARTS) is 1. The van der Waals surface area contributed by atoms with Crippen molar-refractivity contribution in [3.63, 3.8) is 0 Å². The van der Waals surface area contributed by atoms with Gasteiger partial charge < -0.3 is 37.5 Å². The van der Waals surface area contributed by atoms with Crippen molar-refractivity contribution in [3.8, 4) is 0 Å². The minimum Gasteiger partial charge on any atom is -0.480 e. The quantitative estimate of drug-likeness (QED) is 0.201. The number of benzene rings is 1. The molecule has 4 atom stereocenters. The molecule has 9 N–H and O–H groups in total. The Labute approximate surface area is 195 Å². The largest absolute Gasteiger partial charge is 0.480 e. The van der Waals surface area contributed by atoms with E-state index in [1.807, 2.05) is 24.3 Å². The summed E-state index contributed by atoms with van der Waals surface area (Å²) in [4.78, 5) is 62.9. The average molecular weight is 475 g/mol. The molecule has 1 heterocycles.